The van der Waals surface area contributed by atoms with E-state index in [9.17, 15) is 4.79 Å². The predicted octanol–water partition coefficient (Wildman–Crippen LogP) is 2.09. The van der Waals surface area contributed by atoms with Gasteiger partial charge in [0, 0.05) is 12.4 Å². The minimum atomic E-state index is -0.452. The first-order valence-electron chi connectivity index (χ1n) is 8.35. The van der Waals surface area contributed by atoms with Gasteiger partial charge in [0.15, 0.2) is 0 Å². The van der Waals surface area contributed by atoms with E-state index in [4.69, 9.17) is 0 Å². The van der Waals surface area contributed by atoms with Crippen LogP contribution in [0.5, 0.6) is 0 Å². The fourth-order valence-electron chi connectivity index (χ4n) is 2.66. The summed E-state index contributed by atoms with van der Waals surface area (Å²) in [4.78, 5) is 20.1. The lowest BCUT2D eigenvalue weighted by molar-refractivity contribution is -0.133. The van der Waals surface area contributed by atoms with E-state index in [1.165, 1.54) is 25.5 Å². The van der Waals surface area contributed by atoms with Crippen molar-refractivity contribution in [3.05, 3.63) is 35.8 Å². The number of imidazole rings is 1. The number of carbonyl (C=O) groups is 1. The number of ether oxygens (including phenoxy) is 1. The van der Waals surface area contributed by atoms with Gasteiger partial charge in [-0.1, -0.05) is 19.9 Å². The lowest BCUT2D eigenvalue weighted by Crippen LogP contribution is -2.39. The molecule has 2 aliphatic rings. The van der Waals surface area contributed by atoms with Gasteiger partial charge < -0.3 is 9.14 Å². The number of esters is 1. The Morgan fingerprint density at radius 1 is 1.33 bits per heavy atom. The molecule has 1 saturated carbocycles. The van der Waals surface area contributed by atoms with Crippen LogP contribution in [0.3, 0.4) is 0 Å². The van der Waals surface area contributed by atoms with Crippen molar-refractivity contribution >= 4 is 17.5 Å². The van der Waals surface area contributed by atoms with Crippen LogP contribution in [0.1, 0.15) is 43.9 Å². The highest BCUT2D eigenvalue weighted by Gasteiger charge is 2.24. The van der Waals surface area contributed by atoms with Crippen LogP contribution in [0, 0.1) is 0 Å². The van der Waals surface area contributed by atoms with E-state index in [-0.39, 0.29) is 5.84 Å². The van der Waals surface area contributed by atoms with E-state index in [2.05, 4.69) is 42.9 Å². The van der Waals surface area contributed by atoms with E-state index in [1.54, 1.807) is 0 Å². The van der Waals surface area contributed by atoms with Crippen molar-refractivity contribution in [2.24, 2.45) is 4.99 Å². The van der Waals surface area contributed by atoms with E-state index in [1.807, 2.05) is 25.1 Å². The van der Waals surface area contributed by atoms with Gasteiger partial charge in [-0.15, -0.1) is 0 Å². The van der Waals surface area contributed by atoms with Gasteiger partial charge in [0.2, 0.25) is 5.84 Å². The second-order valence-corrected chi connectivity index (χ2v) is 5.68. The van der Waals surface area contributed by atoms with Crippen molar-refractivity contribution in [3.63, 3.8) is 0 Å². The molecule has 24 heavy (non-hydrogen) atoms. The number of hydrogen-bond acceptors (Lipinski definition) is 6. The fourth-order valence-corrected chi connectivity index (χ4v) is 2.66. The van der Waals surface area contributed by atoms with Gasteiger partial charge in [0.05, 0.1) is 19.3 Å². The summed E-state index contributed by atoms with van der Waals surface area (Å²) in [6.45, 7) is 4.98. The molecule has 4 rings (SSSR count). The summed E-state index contributed by atoms with van der Waals surface area (Å²) in [6.07, 6.45) is 6.77. The molecule has 0 radical (unpaired) electrons. The summed E-state index contributed by atoms with van der Waals surface area (Å²) in [6, 6.07) is 4.22. The first-order chi connectivity index (χ1) is 11.7. The Labute approximate surface area is 141 Å². The number of rotatable bonds is 4. The fraction of sp³-hybridized carbons (Fsp3) is 0.471. The van der Waals surface area contributed by atoms with Crippen molar-refractivity contribution in [2.45, 2.75) is 39.2 Å². The summed E-state index contributed by atoms with van der Waals surface area (Å²) in [5.74, 6) is 0.514. The van der Waals surface area contributed by atoms with Crippen molar-refractivity contribution in [1.29, 1.82) is 0 Å². The number of methoxy groups -OCH3 is 1. The molecule has 3 heterocycles. The quantitative estimate of drug-likeness (QED) is 0.870. The third kappa shape index (κ3) is 3.41. The topological polar surface area (TPSA) is 71.2 Å². The van der Waals surface area contributed by atoms with Gasteiger partial charge in [-0.2, -0.15) is 5.01 Å². The lowest BCUT2D eigenvalue weighted by Gasteiger charge is -2.13. The van der Waals surface area contributed by atoms with Crippen LogP contribution < -0.4 is 5.43 Å². The number of fused-ring (bicyclic) bond motifs is 1. The van der Waals surface area contributed by atoms with E-state index in [0.29, 0.717) is 13.2 Å². The summed E-state index contributed by atoms with van der Waals surface area (Å²) >= 11 is 0. The molecular weight excluding hydrogens is 306 g/mol. The van der Waals surface area contributed by atoms with Crippen LogP contribution in [0.15, 0.2) is 29.5 Å². The predicted molar refractivity (Wildman–Crippen MR) is 91.5 cm³/mol. The molecule has 0 spiro atoms. The van der Waals surface area contributed by atoms with Crippen LogP contribution in [-0.4, -0.2) is 40.0 Å². The molecule has 1 N–H and O–H groups in total. The Kier molecular flexibility index (Phi) is 4.80. The van der Waals surface area contributed by atoms with Gasteiger partial charge in [-0.25, -0.2) is 14.8 Å². The number of aromatic nitrogens is 2. The maximum Gasteiger partial charge on any atom is 0.374 e. The monoisotopic (exact) mass is 329 g/mol. The summed E-state index contributed by atoms with van der Waals surface area (Å²) in [7, 11) is 1.34. The zero-order chi connectivity index (χ0) is 17.1. The zero-order valence-electron chi connectivity index (χ0n) is 14.3. The molecule has 7 nitrogen and oxygen atoms in total. The molecule has 1 aliphatic carbocycles. The maximum absolute atomic E-state index is 11.4. The van der Waals surface area contributed by atoms with Crippen molar-refractivity contribution < 1.29 is 9.53 Å². The van der Waals surface area contributed by atoms with Crippen molar-refractivity contribution in [2.75, 3.05) is 13.8 Å². The van der Waals surface area contributed by atoms with E-state index >= 15 is 0 Å². The first-order valence-corrected chi connectivity index (χ1v) is 8.35. The minimum absolute atomic E-state index is 0.238. The van der Waals surface area contributed by atoms with Gasteiger partial charge in [-0.3, -0.25) is 5.43 Å². The summed E-state index contributed by atoms with van der Waals surface area (Å²) in [5, 5.41) is 1.83. The Bertz CT molecular complexity index is 763. The maximum atomic E-state index is 11.4. The number of hydrogen-bond donors (Lipinski definition) is 1. The molecule has 128 valence electrons. The Morgan fingerprint density at radius 3 is 2.83 bits per heavy atom. The largest absolute Gasteiger partial charge is 0.463 e. The third-order valence-electron chi connectivity index (χ3n) is 3.97. The molecule has 0 saturated heterocycles. The molecule has 1 fully saturated rings. The minimum Gasteiger partial charge on any atom is -0.463 e. The van der Waals surface area contributed by atoms with Crippen molar-refractivity contribution in [1.82, 2.24) is 19.8 Å². The number of pyridine rings is 1. The molecule has 0 bridgehead atoms. The van der Waals surface area contributed by atoms with Crippen LogP contribution in [0.4, 0.5) is 0 Å². The van der Waals surface area contributed by atoms with Gasteiger partial charge >= 0.3 is 5.97 Å². The van der Waals surface area contributed by atoms with Crippen LogP contribution in [-0.2, 0) is 16.1 Å². The van der Waals surface area contributed by atoms with Crippen LogP contribution in [0.25, 0.3) is 5.65 Å². The second kappa shape index (κ2) is 7.00. The standard InChI is InChI=1S/C15H17N5O2.C2H6/c1-22-15(21)14-16-9-20(18-14)8-12-7-19-6-11(10-2-3-10)4-5-13(19)17-12;1-2/h4-7,10H,2-3,8-9H2,1H3,(H,16,18);1-2H3. The molecule has 1 aliphatic heterocycles. The Balaban J connectivity index is 0.000000815. The average molecular weight is 329 g/mol. The molecule has 0 atom stereocenters. The smallest absolute Gasteiger partial charge is 0.374 e. The second-order valence-electron chi connectivity index (χ2n) is 5.68. The van der Waals surface area contributed by atoms with E-state index < -0.39 is 5.97 Å². The normalized spacial score (nSPS) is 17.0. The molecule has 2 aromatic rings. The van der Waals surface area contributed by atoms with Gasteiger partial charge in [0.25, 0.3) is 0 Å². The Hall–Kier alpha value is -2.41. The number of nitrogens with one attached hydrogen (secondary N) is 1. The highest BCUT2D eigenvalue weighted by Crippen LogP contribution is 2.39. The van der Waals surface area contributed by atoms with Crippen LogP contribution in [0.2, 0.25) is 0 Å². The number of aliphatic imine (C=N–C) groups is 1. The van der Waals surface area contributed by atoms with Gasteiger partial charge in [-0.05, 0) is 30.4 Å². The molecule has 2 aromatic heterocycles. The zero-order valence-corrected chi connectivity index (χ0v) is 14.3. The summed E-state index contributed by atoms with van der Waals surface area (Å²) in [5.41, 5.74) is 6.19. The van der Waals surface area contributed by atoms with Crippen molar-refractivity contribution in [3.8, 4) is 0 Å². The Morgan fingerprint density at radius 2 is 2.12 bits per heavy atom. The number of carbonyl (C=O) groups excluding carboxylic acids is 1. The molecule has 0 unspecified atom stereocenters. The lowest BCUT2D eigenvalue weighted by atomic mass is 10.2. The number of hydrazine groups is 1. The molecule has 0 amide bonds. The third-order valence-corrected chi connectivity index (χ3v) is 3.97. The average Bonchev–Trinajstić information content (AvgIpc) is 3.23. The number of nitrogens with zero attached hydrogens (tertiary/aromatic N) is 4. The van der Waals surface area contributed by atoms with E-state index in [0.717, 1.165) is 17.3 Å². The SMILES string of the molecule is CC.COC(=O)C1=NCN(Cc2cn3cc(C4CC4)ccc3n2)N1. The molecular formula is C17H23N5O2. The number of amidine groups is 1. The molecule has 0 aromatic carbocycles. The van der Waals surface area contributed by atoms with Crippen LogP contribution >= 0.6 is 0 Å². The highest BCUT2D eigenvalue weighted by molar-refractivity contribution is 6.35. The summed E-state index contributed by atoms with van der Waals surface area (Å²) < 4.78 is 6.71. The van der Waals surface area contributed by atoms with Gasteiger partial charge in [0.1, 0.15) is 12.3 Å². The first kappa shape index (κ1) is 16.4. The molecule has 7 heteroatoms. The highest BCUT2D eigenvalue weighted by atomic mass is 16.5.